The second-order valence-corrected chi connectivity index (χ2v) is 7.00. The quantitative estimate of drug-likeness (QED) is 0.337. The minimum atomic E-state index is -0.458. The van der Waals surface area contributed by atoms with Gasteiger partial charge in [0, 0.05) is 15.8 Å². The fourth-order valence-corrected chi connectivity index (χ4v) is 3.08. The van der Waals surface area contributed by atoms with Crippen molar-refractivity contribution in [2.24, 2.45) is 0 Å². The predicted molar refractivity (Wildman–Crippen MR) is 105 cm³/mol. The average Bonchev–Trinajstić information content (AvgIpc) is 2.64. The maximum absolute atomic E-state index is 11.9. The Morgan fingerprint density at radius 1 is 1.19 bits per heavy atom. The highest BCUT2D eigenvalue weighted by Gasteiger charge is 2.10. The third-order valence-electron chi connectivity index (χ3n) is 3.79. The first kappa shape index (κ1) is 18.5. The van der Waals surface area contributed by atoms with Gasteiger partial charge in [-0.3, -0.25) is 0 Å². The molecule has 4 nitrogen and oxygen atoms in total. The molecular weight excluding hydrogens is 370 g/mol. The summed E-state index contributed by atoms with van der Waals surface area (Å²) >= 11 is 7.88. The molecule has 26 heavy (non-hydrogen) atoms. The first-order valence-electron chi connectivity index (χ1n) is 8.03. The van der Waals surface area contributed by atoms with Crippen molar-refractivity contribution in [2.75, 3.05) is 12.9 Å². The van der Waals surface area contributed by atoms with Gasteiger partial charge in [-0.15, -0.1) is 11.8 Å². The molecule has 6 heteroatoms. The number of ether oxygens (including phenoxy) is 2. The van der Waals surface area contributed by atoms with Crippen LogP contribution in [0.5, 0.6) is 5.75 Å². The van der Waals surface area contributed by atoms with Gasteiger partial charge in [0.05, 0.1) is 5.52 Å². The number of aromatic nitrogens is 1. The van der Waals surface area contributed by atoms with Gasteiger partial charge in [0.2, 0.25) is 0 Å². The van der Waals surface area contributed by atoms with Gasteiger partial charge in [0.25, 0.3) is 0 Å². The number of carbonyl (C=O) groups is 1. The van der Waals surface area contributed by atoms with E-state index in [1.165, 1.54) is 0 Å². The highest BCUT2D eigenvalue weighted by atomic mass is 35.5. The minimum Gasteiger partial charge on any atom is -0.482 e. The predicted octanol–water partition coefficient (Wildman–Crippen LogP) is 5.04. The van der Waals surface area contributed by atoms with E-state index in [9.17, 15) is 4.79 Å². The number of aryl methyl sites for hydroxylation is 1. The lowest BCUT2D eigenvalue weighted by Crippen LogP contribution is -2.15. The average molecular weight is 388 g/mol. The number of carbonyl (C=O) groups excluding carboxylic acids is 1. The lowest BCUT2D eigenvalue weighted by molar-refractivity contribution is -0.147. The van der Waals surface area contributed by atoms with Crippen molar-refractivity contribution in [3.8, 4) is 5.75 Å². The molecule has 0 spiro atoms. The highest BCUT2D eigenvalue weighted by molar-refractivity contribution is 7.98. The summed E-state index contributed by atoms with van der Waals surface area (Å²) in [6.45, 7) is 1.86. The zero-order valence-corrected chi connectivity index (χ0v) is 16.1. The zero-order chi connectivity index (χ0) is 18.5. The molecule has 0 saturated carbocycles. The molecule has 0 bridgehead atoms. The van der Waals surface area contributed by atoms with Gasteiger partial charge in [-0.1, -0.05) is 29.8 Å². The van der Waals surface area contributed by atoms with Crippen molar-refractivity contribution in [1.82, 2.24) is 4.98 Å². The molecule has 0 N–H and O–H groups in total. The Bertz CT molecular complexity index is 945. The van der Waals surface area contributed by atoms with E-state index in [2.05, 4.69) is 4.98 Å². The monoisotopic (exact) mass is 387 g/mol. The summed E-state index contributed by atoms with van der Waals surface area (Å²) < 4.78 is 10.7. The van der Waals surface area contributed by atoms with Crippen LogP contribution in [0, 0.1) is 6.92 Å². The Morgan fingerprint density at radius 2 is 2.04 bits per heavy atom. The van der Waals surface area contributed by atoms with E-state index in [1.807, 2.05) is 55.6 Å². The number of rotatable bonds is 6. The highest BCUT2D eigenvalue weighted by Crippen LogP contribution is 2.25. The summed E-state index contributed by atoms with van der Waals surface area (Å²) in [6.07, 6.45) is 2.01. The van der Waals surface area contributed by atoms with Crippen LogP contribution < -0.4 is 4.74 Å². The number of fused-ring (bicyclic) bond motifs is 1. The van der Waals surface area contributed by atoms with Crippen molar-refractivity contribution < 1.29 is 14.3 Å². The Balaban J connectivity index is 1.61. The summed E-state index contributed by atoms with van der Waals surface area (Å²) in [7, 11) is 0. The van der Waals surface area contributed by atoms with E-state index in [-0.39, 0.29) is 13.2 Å². The van der Waals surface area contributed by atoms with E-state index in [4.69, 9.17) is 21.1 Å². The third-order valence-corrected chi connectivity index (χ3v) is 4.84. The molecule has 134 valence electrons. The fraction of sp³-hybridized carbons (Fsp3) is 0.200. The van der Waals surface area contributed by atoms with Crippen molar-refractivity contribution in [3.63, 3.8) is 0 Å². The summed E-state index contributed by atoms with van der Waals surface area (Å²) in [5.41, 5.74) is 2.55. The van der Waals surface area contributed by atoms with Crippen LogP contribution >= 0.6 is 23.4 Å². The number of benzene rings is 2. The minimum absolute atomic E-state index is 0.0576. The van der Waals surface area contributed by atoms with E-state index in [0.717, 1.165) is 21.4 Å². The topological polar surface area (TPSA) is 48.4 Å². The molecule has 2 aromatic carbocycles. The van der Waals surface area contributed by atoms with Crippen LogP contribution in [0.3, 0.4) is 0 Å². The lowest BCUT2D eigenvalue weighted by atomic mass is 10.2. The summed E-state index contributed by atoms with van der Waals surface area (Å²) in [5, 5.41) is 1.29. The molecule has 0 aliphatic heterocycles. The molecule has 1 heterocycles. The molecule has 0 radical (unpaired) electrons. The number of thioether (sulfide) groups is 1. The van der Waals surface area contributed by atoms with Crippen molar-refractivity contribution in [2.45, 2.75) is 18.4 Å². The van der Waals surface area contributed by atoms with Crippen LogP contribution in [0.15, 0.2) is 53.4 Å². The number of hydrogen-bond acceptors (Lipinski definition) is 5. The fourth-order valence-electron chi connectivity index (χ4n) is 2.44. The Kier molecular flexibility index (Phi) is 6.01. The molecule has 1 aromatic heterocycles. The molecule has 0 aliphatic carbocycles. The molecule has 3 aromatic rings. The van der Waals surface area contributed by atoms with Gasteiger partial charge in [-0.25, -0.2) is 9.78 Å². The normalized spacial score (nSPS) is 10.7. The molecule has 0 fully saturated rings. The number of nitrogens with zero attached hydrogens (tertiary/aromatic N) is 1. The molecular formula is C20H18ClNO3S. The molecule has 0 saturated heterocycles. The van der Waals surface area contributed by atoms with E-state index >= 15 is 0 Å². The Morgan fingerprint density at radius 3 is 2.81 bits per heavy atom. The summed E-state index contributed by atoms with van der Waals surface area (Å²) in [4.78, 5) is 17.4. The standard InChI is InChI=1S/C20H18ClNO3S/c1-13-4-3-5-16(8-13)24-12-19(23)25-11-15-9-14-6-7-17(26-2)10-18(14)22-20(15)21/h3-10H,11-12H2,1-2H3. The first-order valence-corrected chi connectivity index (χ1v) is 9.63. The second-order valence-electron chi connectivity index (χ2n) is 5.76. The third kappa shape index (κ3) is 4.68. The second kappa shape index (κ2) is 8.43. The largest absolute Gasteiger partial charge is 0.482 e. The van der Waals surface area contributed by atoms with Gasteiger partial charge in [-0.2, -0.15) is 0 Å². The SMILES string of the molecule is CSc1ccc2cc(COC(=O)COc3cccc(C)c3)c(Cl)nc2c1. The summed E-state index contributed by atoms with van der Waals surface area (Å²) in [5.74, 6) is 0.178. The Labute approximate surface area is 161 Å². The van der Waals surface area contributed by atoms with E-state index < -0.39 is 5.97 Å². The van der Waals surface area contributed by atoms with Gasteiger partial charge < -0.3 is 9.47 Å². The summed E-state index contributed by atoms with van der Waals surface area (Å²) in [6, 6.07) is 15.4. The number of esters is 1. The Hall–Kier alpha value is -2.24. The molecule has 0 atom stereocenters. The number of hydrogen-bond donors (Lipinski definition) is 0. The molecule has 3 rings (SSSR count). The van der Waals surface area contributed by atoms with Gasteiger partial charge >= 0.3 is 5.97 Å². The molecule has 0 aliphatic rings. The van der Waals surface area contributed by atoms with Crippen LogP contribution in [0.25, 0.3) is 10.9 Å². The zero-order valence-electron chi connectivity index (χ0n) is 14.5. The van der Waals surface area contributed by atoms with Crippen LogP contribution in [0.1, 0.15) is 11.1 Å². The maximum Gasteiger partial charge on any atom is 0.344 e. The smallest absolute Gasteiger partial charge is 0.344 e. The van der Waals surface area contributed by atoms with Crippen molar-refractivity contribution in [1.29, 1.82) is 0 Å². The lowest BCUT2D eigenvalue weighted by Gasteiger charge is -2.09. The van der Waals surface area contributed by atoms with E-state index in [0.29, 0.717) is 16.5 Å². The molecule has 0 unspecified atom stereocenters. The van der Waals surface area contributed by atoms with Gasteiger partial charge in [0.1, 0.15) is 17.5 Å². The van der Waals surface area contributed by atoms with Crippen molar-refractivity contribution >= 4 is 40.2 Å². The van der Waals surface area contributed by atoms with Gasteiger partial charge in [-0.05, 0) is 49.1 Å². The van der Waals surface area contributed by atoms with Crippen molar-refractivity contribution in [3.05, 3.63) is 64.8 Å². The van der Waals surface area contributed by atoms with Crippen LogP contribution in [-0.4, -0.2) is 23.8 Å². The number of halogens is 1. The first-order chi connectivity index (χ1) is 12.5. The van der Waals surface area contributed by atoms with Crippen LogP contribution in [0.4, 0.5) is 0 Å². The van der Waals surface area contributed by atoms with Crippen LogP contribution in [0.2, 0.25) is 5.15 Å². The van der Waals surface area contributed by atoms with E-state index in [1.54, 1.807) is 17.8 Å². The maximum atomic E-state index is 11.9. The number of pyridine rings is 1. The molecule has 0 amide bonds. The van der Waals surface area contributed by atoms with Crippen LogP contribution in [-0.2, 0) is 16.1 Å². The van der Waals surface area contributed by atoms with Gasteiger partial charge in [0.15, 0.2) is 6.61 Å².